The van der Waals surface area contributed by atoms with Gasteiger partial charge in [-0.2, -0.15) is 0 Å². The molecule has 2 aromatic rings. The standard InChI is InChI=1S/C21H19NO7/c23-20(10-9-15-4-1-6-17(12-15)22(25)26)29-18-7-2-5-16(13-18)21(24)28-14-19-8-3-11-27-19/h1-2,4-7,9-10,12-13,19H,3,8,11,14H2/b10-9+. The van der Waals surface area contributed by atoms with E-state index in [1.165, 1.54) is 36.4 Å². The van der Waals surface area contributed by atoms with Crippen molar-refractivity contribution < 1.29 is 28.7 Å². The third-order valence-electron chi connectivity index (χ3n) is 4.21. The maximum absolute atomic E-state index is 12.1. The molecule has 2 aromatic carbocycles. The summed E-state index contributed by atoms with van der Waals surface area (Å²) in [4.78, 5) is 34.4. The Morgan fingerprint density at radius 1 is 1.21 bits per heavy atom. The highest BCUT2D eigenvalue weighted by Gasteiger charge is 2.18. The van der Waals surface area contributed by atoms with E-state index >= 15 is 0 Å². The summed E-state index contributed by atoms with van der Waals surface area (Å²) in [5, 5.41) is 10.8. The summed E-state index contributed by atoms with van der Waals surface area (Å²) in [6.45, 7) is 0.867. The van der Waals surface area contributed by atoms with E-state index in [4.69, 9.17) is 14.2 Å². The van der Waals surface area contributed by atoms with Gasteiger partial charge in [-0.3, -0.25) is 10.1 Å². The van der Waals surface area contributed by atoms with Crippen molar-refractivity contribution in [2.24, 2.45) is 0 Å². The molecule has 0 spiro atoms. The van der Waals surface area contributed by atoms with Crippen LogP contribution >= 0.6 is 0 Å². The van der Waals surface area contributed by atoms with E-state index in [9.17, 15) is 19.7 Å². The minimum absolute atomic E-state index is 0.0705. The molecule has 29 heavy (non-hydrogen) atoms. The van der Waals surface area contributed by atoms with Gasteiger partial charge in [0.2, 0.25) is 0 Å². The van der Waals surface area contributed by atoms with Crippen LogP contribution in [0.5, 0.6) is 5.75 Å². The summed E-state index contributed by atoms with van der Waals surface area (Å²) in [6.07, 6.45) is 4.31. The highest BCUT2D eigenvalue weighted by atomic mass is 16.6. The smallest absolute Gasteiger partial charge is 0.338 e. The van der Waals surface area contributed by atoms with E-state index in [0.717, 1.165) is 18.9 Å². The molecule has 0 saturated carbocycles. The first-order chi connectivity index (χ1) is 14.0. The Kier molecular flexibility index (Phi) is 6.70. The Labute approximate surface area is 166 Å². The van der Waals surface area contributed by atoms with E-state index in [1.54, 1.807) is 18.2 Å². The minimum atomic E-state index is -0.679. The number of non-ortho nitro benzene ring substituents is 1. The monoisotopic (exact) mass is 397 g/mol. The van der Waals surface area contributed by atoms with Crippen molar-refractivity contribution in [3.05, 3.63) is 75.8 Å². The Hall–Kier alpha value is -3.52. The van der Waals surface area contributed by atoms with Crippen LogP contribution in [0.1, 0.15) is 28.8 Å². The van der Waals surface area contributed by atoms with Gasteiger partial charge in [0, 0.05) is 24.8 Å². The summed E-state index contributed by atoms with van der Waals surface area (Å²) in [6, 6.07) is 11.9. The lowest BCUT2D eigenvalue weighted by Gasteiger charge is -2.10. The van der Waals surface area contributed by atoms with E-state index < -0.39 is 16.9 Å². The quantitative estimate of drug-likeness (QED) is 0.231. The lowest BCUT2D eigenvalue weighted by atomic mass is 10.2. The van der Waals surface area contributed by atoms with Crippen LogP contribution in [0.4, 0.5) is 5.69 Å². The molecule has 0 aromatic heterocycles. The zero-order chi connectivity index (χ0) is 20.6. The molecule has 1 aliphatic heterocycles. The molecule has 1 unspecified atom stereocenters. The zero-order valence-electron chi connectivity index (χ0n) is 15.5. The Bertz CT molecular complexity index is 932. The number of esters is 2. The molecule has 1 saturated heterocycles. The fourth-order valence-corrected chi connectivity index (χ4v) is 2.77. The average Bonchev–Trinajstić information content (AvgIpc) is 3.24. The highest BCUT2D eigenvalue weighted by Crippen LogP contribution is 2.17. The number of carbonyl (C=O) groups excluding carboxylic acids is 2. The van der Waals surface area contributed by atoms with Crippen molar-refractivity contribution >= 4 is 23.7 Å². The molecular weight excluding hydrogens is 378 g/mol. The number of hydrogen-bond acceptors (Lipinski definition) is 7. The Morgan fingerprint density at radius 3 is 2.79 bits per heavy atom. The minimum Gasteiger partial charge on any atom is -0.459 e. The van der Waals surface area contributed by atoms with Gasteiger partial charge in [-0.05, 0) is 42.7 Å². The zero-order valence-corrected chi connectivity index (χ0v) is 15.5. The molecule has 1 aliphatic rings. The third-order valence-corrected chi connectivity index (χ3v) is 4.21. The molecule has 0 N–H and O–H groups in total. The third kappa shape index (κ3) is 5.98. The largest absolute Gasteiger partial charge is 0.459 e. The predicted octanol–water partition coefficient (Wildman–Crippen LogP) is 3.55. The number of hydrogen-bond donors (Lipinski definition) is 0. The summed E-state index contributed by atoms with van der Waals surface area (Å²) < 4.78 is 15.8. The number of nitrogens with zero attached hydrogens (tertiary/aromatic N) is 1. The second kappa shape index (κ2) is 9.61. The van der Waals surface area contributed by atoms with Crippen molar-refractivity contribution in [2.75, 3.05) is 13.2 Å². The normalized spacial score (nSPS) is 15.9. The van der Waals surface area contributed by atoms with E-state index in [-0.39, 0.29) is 29.7 Å². The van der Waals surface area contributed by atoms with Crippen molar-refractivity contribution in [3.8, 4) is 5.75 Å². The van der Waals surface area contributed by atoms with Gasteiger partial charge in [0.1, 0.15) is 12.4 Å². The number of rotatable bonds is 7. The van der Waals surface area contributed by atoms with Crippen molar-refractivity contribution in [1.82, 2.24) is 0 Å². The molecule has 1 atom stereocenters. The molecule has 8 nitrogen and oxygen atoms in total. The Morgan fingerprint density at radius 2 is 2.03 bits per heavy atom. The van der Waals surface area contributed by atoms with Crippen LogP contribution in [0, 0.1) is 10.1 Å². The van der Waals surface area contributed by atoms with Crippen molar-refractivity contribution in [1.29, 1.82) is 0 Å². The summed E-state index contributed by atoms with van der Waals surface area (Å²) in [7, 11) is 0. The fourth-order valence-electron chi connectivity index (χ4n) is 2.77. The van der Waals surface area contributed by atoms with Gasteiger partial charge < -0.3 is 14.2 Å². The second-order valence-electron chi connectivity index (χ2n) is 6.37. The summed E-state index contributed by atoms with van der Waals surface area (Å²) in [5.74, 6) is -1.02. The van der Waals surface area contributed by atoms with Crippen LogP contribution in [0.15, 0.2) is 54.6 Å². The first-order valence-electron chi connectivity index (χ1n) is 9.04. The summed E-state index contributed by atoms with van der Waals surface area (Å²) >= 11 is 0. The maximum Gasteiger partial charge on any atom is 0.338 e. The molecule has 0 amide bonds. The van der Waals surface area contributed by atoms with Gasteiger partial charge >= 0.3 is 11.9 Å². The highest BCUT2D eigenvalue weighted by molar-refractivity contribution is 5.91. The number of carbonyl (C=O) groups is 2. The fraction of sp³-hybridized carbons (Fsp3) is 0.238. The van der Waals surface area contributed by atoms with Gasteiger partial charge in [0.25, 0.3) is 5.69 Å². The van der Waals surface area contributed by atoms with Gasteiger partial charge in [-0.1, -0.05) is 18.2 Å². The molecule has 8 heteroatoms. The van der Waals surface area contributed by atoms with Crippen LogP contribution < -0.4 is 4.74 Å². The van der Waals surface area contributed by atoms with Crippen LogP contribution in [0.3, 0.4) is 0 Å². The van der Waals surface area contributed by atoms with Gasteiger partial charge in [0.05, 0.1) is 16.6 Å². The topological polar surface area (TPSA) is 105 Å². The number of ether oxygens (including phenoxy) is 3. The van der Waals surface area contributed by atoms with Crippen LogP contribution in [-0.4, -0.2) is 36.2 Å². The van der Waals surface area contributed by atoms with E-state index in [2.05, 4.69) is 0 Å². The van der Waals surface area contributed by atoms with Crippen molar-refractivity contribution in [2.45, 2.75) is 18.9 Å². The SMILES string of the molecule is O=C(/C=C/c1cccc([N+](=O)[O-])c1)Oc1cccc(C(=O)OCC2CCCO2)c1. The number of nitro benzene ring substituents is 1. The van der Waals surface area contributed by atoms with Gasteiger partial charge in [0.15, 0.2) is 0 Å². The molecular formula is C21H19NO7. The molecule has 1 heterocycles. The first-order valence-corrected chi connectivity index (χ1v) is 9.04. The van der Waals surface area contributed by atoms with Crippen molar-refractivity contribution in [3.63, 3.8) is 0 Å². The number of benzene rings is 2. The molecule has 0 aliphatic carbocycles. The maximum atomic E-state index is 12.1. The van der Waals surface area contributed by atoms with Crippen LogP contribution in [0.2, 0.25) is 0 Å². The Balaban J connectivity index is 1.57. The lowest BCUT2D eigenvalue weighted by Crippen LogP contribution is -2.17. The van der Waals surface area contributed by atoms with Gasteiger partial charge in [-0.25, -0.2) is 9.59 Å². The molecule has 0 bridgehead atoms. The van der Waals surface area contributed by atoms with Crippen LogP contribution in [0.25, 0.3) is 6.08 Å². The first kappa shape index (κ1) is 20.2. The molecule has 3 rings (SSSR count). The average molecular weight is 397 g/mol. The molecule has 1 fully saturated rings. The van der Waals surface area contributed by atoms with E-state index in [0.29, 0.717) is 12.2 Å². The summed E-state index contributed by atoms with van der Waals surface area (Å²) in [5.41, 5.74) is 0.674. The lowest BCUT2D eigenvalue weighted by molar-refractivity contribution is -0.384. The second-order valence-corrected chi connectivity index (χ2v) is 6.37. The van der Waals surface area contributed by atoms with E-state index in [1.807, 2.05) is 0 Å². The predicted molar refractivity (Wildman–Crippen MR) is 103 cm³/mol. The van der Waals surface area contributed by atoms with Gasteiger partial charge in [-0.15, -0.1) is 0 Å². The molecule has 0 radical (unpaired) electrons. The molecule has 150 valence electrons. The van der Waals surface area contributed by atoms with Crippen LogP contribution in [-0.2, 0) is 14.3 Å². The number of nitro groups is 1.